The van der Waals surface area contributed by atoms with Crippen LogP contribution in [0.3, 0.4) is 0 Å². The lowest BCUT2D eigenvalue weighted by atomic mass is 10.1. The number of ether oxygens (including phenoxy) is 2. The van der Waals surface area contributed by atoms with Crippen molar-refractivity contribution in [2.75, 3.05) is 13.2 Å². The van der Waals surface area contributed by atoms with E-state index in [1.165, 1.54) is 30.9 Å². The summed E-state index contributed by atoms with van der Waals surface area (Å²) in [7, 11) is 0. The van der Waals surface area contributed by atoms with Crippen molar-refractivity contribution in [2.24, 2.45) is 0 Å². The Kier molecular flexibility index (Phi) is 9.01. The van der Waals surface area contributed by atoms with Crippen molar-refractivity contribution in [3.05, 3.63) is 42.5 Å². The van der Waals surface area contributed by atoms with E-state index in [1.807, 2.05) is 12.1 Å². The molecule has 21 heavy (non-hydrogen) atoms. The molecule has 0 heterocycles. The van der Waals surface area contributed by atoms with Crippen LogP contribution in [0.5, 0.6) is 5.75 Å². The lowest BCUT2D eigenvalue weighted by Gasteiger charge is -2.06. The van der Waals surface area contributed by atoms with Gasteiger partial charge in [0, 0.05) is 6.08 Å². The lowest BCUT2D eigenvalue weighted by molar-refractivity contribution is -0.137. The van der Waals surface area contributed by atoms with Gasteiger partial charge in [-0.1, -0.05) is 50.0 Å². The van der Waals surface area contributed by atoms with Crippen LogP contribution in [0.25, 0.3) is 0 Å². The molecule has 116 valence electrons. The van der Waals surface area contributed by atoms with Crippen LogP contribution >= 0.6 is 0 Å². The summed E-state index contributed by atoms with van der Waals surface area (Å²) in [5.74, 6) is 0.618. The number of hydrogen-bond acceptors (Lipinski definition) is 3. The molecule has 0 bridgehead atoms. The predicted octanol–water partition coefficient (Wildman–Crippen LogP) is 4.44. The standard InChI is InChI=1S/C18H26O3/c1-3-18(19)21-15-9-7-5-4-6-8-14-20-17-12-10-16(2)11-13-17/h3,10-13H,1,4-9,14-15H2,2H3. The highest BCUT2D eigenvalue weighted by Gasteiger charge is 1.96. The lowest BCUT2D eigenvalue weighted by Crippen LogP contribution is -2.01. The summed E-state index contributed by atoms with van der Waals surface area (Å²) in [4.78, 5) is 10.8. The fourth-order valence-corrected chi connectivity index (χ4v) is 1.97. The van der Waals surface area contributed by atoms with Gasteiger partial charge in [-0.15, -0.1) is 0 Å². The number of aryl methyl sites for hydroxylation is 1. The van der Waals surface area contributed by atoms with Crippen molar-refractivity contribution in [1.82, 2.24) is 0 Å². The maximum Gasteiger partial charge on any atom is 0.330 e. The molecule has 0 aliphatic rings. The Balaban J connectivity index is 1.87. The van der Waals surface area contributed by atoms with Crippen LogP contribution in [0.4, 0.5) is 0 Å². The zero-order valence-electron chi connectivity index (χ0n) is 13.0. The van der Waals surface area contributed by atoms with Crippen molar-refractivity contribution in [3.63, 3.8) is 0 Å². The van der Waals surface area contributed by atoms with Crippen LogP contribution in [-0.4, -0.2) is 19.2 Å². The third-order valence-electron chi connectivity index (χ3n) is 3.24. The number of carbonyl (C=O) groups excluding carboxylic acids is 1. The molecule has 0 saturated heterocycles. The van der Waals surface area contributed by atoms with Crippen LogP contribution in [0, 0.1) is 6.92 Å². The Morgan fingerprint density at radius 1 is 1.00 bits per heavy atom. The van der Waals surface area contributed by atoms with Crippen LogP contribution in [-0.2, 0) is 9.53 Å². The Hall–Kier alpha value is -1.77. The fourth-order valence-electron chi connectivity index (χ4n) is 1.97. The zero-order valence-corrected chi connectivity index (χ0v) is 13.0. The highest BCUT2D eigenvalue weighted by Crippen LogP contribution is 2.12. The van der Waals surface area contributed by atoms with E-state index in [2.05, 4.69) is 25.6 Å². The second-order valence-electron chi connectivity index (χ2n) is 5.15. The molecule has 0 saturated carbocycles. The van der Waals surface area contributed by atoms with E-state index >= 15 is 0 Å². The molecule has 0 aromatic heterocycles. The highest BCUT2D eigenvalue weighted by atomic mass is 16.5. The van der Waals surface area contributed by atoms with Crippen molar-refractivity contribution >= 4 is 5.97 Å². The molecule has 1 rings (SSSR count). The van der Waals surface area contributed by atoms with Gasteiger partial charge in [-0.25, -0.2) is 4.79 Å². The van der Waals surface area contributed by atoms with Gasteiger partial charge in [0.2, 0.25) is 0 Å². The topological polar surface area (TPSA) is 35.5 Å². The van der Waals surface area contributed by atoms with Gasteiger partial charge in [-0.3, -0.25) is 0 Å². The van der Waals surface area contributed by atoms with Crippen LogP contribution < -0.4 is 4.74 Å². The number of esters is 1. The molecule has 0 aliphatic carbocycles. The third-order valence-corrected chi connectivity index (χ3v) is 3.24. The van der Waals surface area contributed by atoms with Crippen molar-refractivity contribution in [1.29, 1.82) is 0 Å². The van der Waals surface area contributed by atoms with E-state index in [-0.39, 0.29) is 5.97 Å². The van der Waals surface area contributed by atoms with Gasteiger partial charge < -0.3 is 9.47 Å². The smallest absolute Gasteiger partial charge is 0.330 e. The summed E-state index contributed by atoms with van der Waals surface area (Å²) in [6.45, 7) is 6.71. The SMILES string of the molecule is C=CC(=O)OCCCCCCCCOc1ccc(C)cc1. The summed E-state index contributed by atoms with van der Waals surface area (Å²) in [5, 5.41) is 0. The molecule has 0 atom stereocenters. The Morgan fingerprint density at radius 3 is 2.19 bits per heavy atom. The first-order chi connectivity index (χ1) is 10.2. The molecular weight excluding hydrogens is 264 g/mol. The van der Waals surface area contributed by atoms with E-state index in [1.54, 1.807) is 0 Å². The second-order valence-corrected chi connectivity index (χ2v) is 5.15. The first kappa shape index (κ1) is 17.3. The number of benzene rings is 1. The molecule has 1 aromatic rings. The zero-order chi connectivity index (χ0) is 15.3. The van der Waals surface area contributed by atoms with Crippen molar-refractivity contribution in [2.45, 2.75) is 45.4 Å². The Morgan fingerprint density at radius 2 is 1.57 bits per heavy atom. The number of unbranched alkanes of at least 4 members (excludes halogenated alkanes) is 5. The number of rotatable bonds is 11. The maximum absolute atomic E-state index is 10.8. The first-order valence-electron chi connectivity index (χ1n) is 7.71. The molecule has 1 aromatic carbocycles. The van der Waals surface area contributed by atoms with Gasteiger partial charge >= 0.3 is 5.97 Å². The maximum atomic E-state index is 10.8. The number of hydrogen-bond donors (Lipinski definition) is 0. The summed E-state index contributed by atoms with van der Waals surface area (Å²) in [6, 6.07) is 8.16. The van der Waals surface area contributed by atoms with Crippen molar-refractivity contribution < 1.29 is 14.3 Å². The first-order valence-corrected chi connectivity index (χ1v) is 7.71. The minimum atomic E-state index is -0.330. The monoisotopic (exact) mass is 290 g/mol. The molecule has 0 amide bonds. The summed E-state index contributed by atoms with van der Waals surface area (Å²) in [6.07, 6.45) is 7.87. The van der Waals surface area contributed by atoms with Gasteiger partial charge in [0.25, 0.3) is 0 Å². The summed E-state index contributed by atoms with van der Waals surface area (Å²) >= 11 is 0. The minimum Gasteiger partial charge on any atom is -0.494 e. The van der Waals surface area contributed by atoms with Gasteiger partial charge in [-0.2, -0.15) is 0 Å². The molecule has 0 fully saturated rings. The van der Waals surface area contributed by atoms with E-state index in [0.29, 0.717) is 6.61 Å². The molecule has 0 aliphatic heterocycles. The predicted molar refractivity (Wildman–Crippen MR) is 85.5 cm³/mol. The number of carbonyl (C=O) groups is 1. The molecule has 0 unspecified atom stereocenters. The average molecular weight is 290 g/mol. The van der Waals surface area contributed by atoms with Crippen LogP contribution in [0.15, 0.2) is 36.9 Å². The average Bonchev–Trinajstić information content (AvgIpc) is 2.50. The van der Waals surface area contributed by atoms with E-state index in [9.17, 15) is 4.79 Å². The summed E-state index contributed by atoms with van der Waals surface area (Å²) < 4.78 is 10.6. The quantitative estimate of drug-likeness (QED) is 0.343. The van der Waals surface area contributed by atoms with Crippen molar-refractivity contribution in [3.8, 4) is 5.75 Å². The molecule has 3 nitrogen and oxygen atoms in total. The van der Waals surface area contributed by atoms with Gasteiger partial charge in [0.1, 0.15) is 5.75 Å². The van der Waals surface area contributed by atoms with E-state index in [4.69, 9.17) is 9.47 Å². The van der Waals surface area contributed by atoms with Gasteiger partial charge in [0.05, 0.1) is 13.2 Å². The molecule has 3 heteroatoms. The Bertz CT molecular complexity index is 409. The van der Waals surface area contributed by atoms with Gasteiger partial charge in [0.15, 0.2) is 0 Å². The van der Waals surface area contributed by atoms with Crippen LogP contribution in [0.1, 0.15) is 44.1 Å². The van der Waals surface area contributed by atoms with E-state index < -0.39 is 0 Å². The molecule has 0 radical (unpaired) electrons. The molecule has 0 N–H and O–H groups in total. The molecular formula is C18H26O3. The normalized spacial score (nSPS) is 10.1. The van der Waals surface area contributed by atoms with Gasteiger partial charge in [-0.05, 0) is 31.9 Å². The largest absolute Gasteiger partial charge is 0.494 e. The van der Waals surface area contributed by atoms with E-state index in [0.717, 1.165) is 31.6 Å². The fraction of sp³-hybridized carbons (Fsp3) is 0.500. The minimum absolute atomic E-state index is 0.330. The Labute approximate surface area is 128 Å². The molecule has 0 spiro atoms. The summed E-state index contributed by atoms with van der Waals surface area (Å²) in [5.41, 5.74) is 1.25. The second kappa shape index (κ2) is 11.0. The highest BCUT2D eigenvalue weighted by molar-refractivity contribution is 5.81. The van der Waals surface area contributed by atoms with Crippen LogP contribution in [0.2, 0.25) is 0 Å². The third kappa shape index (κ3) is 8.90.